The Kier molecular flexibility index (Phi) is 6.39. The lowest BCUT2D eigenvalue weighted by Crippen LogP contribution is -2.40. The predicted octanol–water partition coefficient (Wildman–Crippen LogP) is 0.600. The molecule has 0 aliphatic rings. The molecule has 0 aliphatic heterocycles. The first-order valence-electron chi connectivity index (χ1n) is 3.50. The van der Waals surface area contributed by atoms with E-state index in [2.05, 4.69) is 0 Å². The van der Waals surface area contributed by atoms with Crippen molar-refractivity contribution in [3.63, 3.8) is 0 Å². The molecule has 0 saturated carbocycles. The van der Waals surface area contributed by atoms with Crippen molar-refractivity contribution in [1.29, 1.82) is 0 Å². The Morgan fingerprint density at radius 1 is 1.00 bits per heavy atom. The van der Waals surface area contributed by atoms with Crippen LogP contribution < -0.4 is 0 Å². The van der Waals surface area contributed by atoms with Gasteiger partial charge >= 0.3 is 0 Å². The Bertz CT molecular complexity index is 87.9. The zero-order valence-corrected chi connectivity index (χ0v) is 7.53. The van der Waals surface area contributed by atoms with Gasteiger partial charge in [-0.25, -0.2) is 0 Å². The molecule has 5 nitrogen and oxygen atoms in total. The summed E-state index contributed by atoms with van der Waals surface area (Å²) in [7, 11) is 4.57. The molecular formula is C6H16N2O3. The molecule has 68 valence electrons. The van der Waals surface area contributed by atoms with Gasteiger partial charge < -0.3 is 0 Å². The minimum Gasteiger partial charge on any atom is -0.283 e. The summed E-state index contributed by atoms with van der Waals surface area (Å²) in [5.74, 6) is 0. The van der Waals surface area contributed by atoms with Gasteiger partial charge in [-0.05, 0) is 6.42 Å². The largest absolute Gasteiger partial charge is 0.283 e. The molecular weight excluding hydrogens is 148 g/mol. The second kappa shape index (κ2) is 6.51. The van der Waals surface area contributed by atoms with Gasteiger partial charge in [0.15, 0.2) is 0 Å². The maximum absolute atomic E-state index is 4.94. The van der Waals surface area contributed by atoms with Crippen LogP contribution in [-0.4, -0.2) is 38.4 Å². The molecule has 0 aromatic heterocycles. The molecule has 0 atom stereocenters. The first-order valence-corrected chi connectivity index (χ1v) is 3.50. The number of hydrazine groups is 1. The van der Waals surface area contributed by atoms with Crippen LogP contribution in [0.4, 0.5) is 0 Å². The molecule has 0 rings (SSSR count). The van der Waals surface area contributed by atoms with Gasteiger partial charge in [-0.15, -0.1) is 0 Å². The van der Waals surface area contributed by atoms with Crippen molar-refractivity contribution in [2.24, 2.45) is 0 Å². The van der Waals surface area contributed by atoms with E-state index in [-0.39, 0.29) is 0 Å². The monoisotopic (exact) mass is 164 g/mol. The highest BCUT2D eigenvalue weighted by atomic mass is 17.0. The quantitative estimate of drug-likeness (QED) is 0.537. The molecule has 11 heavy (non-hydrogen) atoms. The molecule has 0 unspecified atom stereocenters. The van der Waals surface area contributed by atoms with Crippen LogP contribution in [0, 0.1) is 0 Å². The number of nitrogens with zero attached hydrogens (tertiary/aromatic N) is 2. The Labute approximate surface area is 67.3 Å². The lowest BCUT2D eigenvalue weighted by Gasteiger charge is -2.26. The first kappa shape index (κ1) is 10.8. The molecule has 0 radical (unpaired) electrons. The number of rotatable bonds is 6. The summed E-state index contributed by atoms with van der Waals surface area (Å²) in [6.45, 7) is 2.76. The third-order valence-corrected chi connectivity index (χ3v) is 1.12. The second-order valence-corrected chi connectivity index (χ2v) is 1.86. The standard InChI is InChI=1S/C6H16N2O3/c1-5-6-7(9-2)8(10-3)11-4/h5-6H2,1-4H3. The van der Waals surface area contributed by atoms with Crippen LogP contribution in [0.2, 0.25) is 0 Å². The number of hydrogen-bond donors (Lipinski definition) is 0. The summed E-state index contributed by atoms with van der Waals surface area (Å²) < 4.78 is 0. The predicted molar refractivity (Wildman–Crippen MR) is 39.9 cm³/mol. The number of hydrogen-bond acceptors (Lipinski definition) is 5. The molecule has 0 aromatic carbocycles. The summed E-state index contributed by atoms with van der Waals surface area (Å²) >= 11 is 0. The molecule has 0 heterocycles. The van der Waals surface area contributed by atoms with E-state index >= 15 is 0 Å². The SMILES string of the molecule is CCCN(OC)N(OC)OC. The van der Waals surface area contributed by atoms with Crippen LogP contribution in [0.15, 0.2) is 0 Å². The van der Waals surface area contributed by atoms with E-state index in [0.29, 0.717) is 0 Å². The van der Waals surface area contributed by atoms with E-state index in [9.17, 15) is 0 Å². The van der Waals surface area contributed by atoms with E-state index in [1.54, 1.807) is 7.11 Å². The van der Waals surface area contributed by atoms with Gasteiger partial charge in [0.1, 0.15) is 0 Å². The maximum atomic E-state index is 4.94. The van der Waals surface area contributed by atoms with Crippen molar-refractivity contribution in [1.82, 2.24) is 10.5 Å². The van der Waals surface area contributed by atoms with Crippen molar-refractivity contribution in [3.8, 4) is 0 Å². The maximum Gasteiger partial charge on any atom is 0.0617 e. The van der Waals surface area contributed by atoms with Crippen LogP contribution in [0.3, 0.4) is 0 Å². The summed E-state index contributed by atoms with van der Waals surface area (Å²) in [6.07, 6.45) is 0.955. The van der Waals surface area contributed by atoms with Crippen LogP contribution >= 0.6 is 0 Å². The number of hydroxylamine groups is 1. The van der Waals surface area contributed by atoms with Crippen LogP contribution in [0.5, 0.6) is 0 Å². The Morgan fingerprint density at radius 2 is 1.55 bits per heavy atom. The Hall–Kier alpha value is -0.200. The van der Waals surface area contributed by atoms with Crippen molar-refractivity contribution in [2.45, 2.75) is 13.3 Å². The topological polar surface area (TPSA) is 34.2 Å². The zero-order valence-electron chi connectivity index (χ0n) is 7.53. The highest BCUT2D eigenvalue weighted by Crippen LogP contribution is 1.99. The van der Waals surface area contributed by atoms with E-state index in [0.717, 1.165) is 13.0 Å². The average Bonchev–Trinajstić information content (AvgIpc) is 2.05. The van der Waals surface area contributed by atoms with Crippen molar-refractivity contribution in [2.75, 3.05) is 27.9 Å². The minimum atomic E-state index is 0.720. The lowest BCUT2D eigenvalue weighted by atomic mass is 10.5. The molecule has 0 aromatic rings. The van der Waals surface area contributed by atoms with E-state index in [1.165, 1.54) is 24.7 Å². The van der Waals surface area contributed by atoms with E-state index in [4.69, 9.17) is 14.5 Å². The summed E-state index contributed by atoms with van der Waals surface area (Å²) in [4.78, 5) is 14.6. The fourth-order valence-electron chi connectivity index (χ4n) is 0.688. The molecule has 0 aliphatic carbocycles. The van der Waals surface area contributed by atoms with E-state index < -0.39 is 0 Å². The summed E-state index contributed by atoms with van der Waals surface area (Å²) in [6, 6.07) is 0. The molecule has 0 bridgehead atoms. The molecule has 0 amide bonds. The minimum absolute atomic E-state index is 0.720. The Balaban J connectivity index is 3.76. The zero-order chi connectivity index (χ0) is 8.69. The van der Waals surface area contributed by atoms with Gasteiger partial charge in [0.25, 0.3) is 0 Å². The fourth-order valence-corrected chi connectivity index (χ4v) is 0.688. The van der Waals surface area contributed by atoms with Crippen molar-refractivity contribution in [3.05, 3.63) is 0 Å². The summed E-state index contributed by atoms with van der Waals surface area (Å²) in [5, 5.41) is 2.64. The van der Waals surface area contributed by atoms with Crippen molar-refractivity contribution >= 4 is 0 Å². The second-order valence-electron chi connectivity index (χ2n) is 1.86. The van der Waals surface area contributed by atoms with Gasteiger partial charge in [-0.2, -0.15) is 0 Å². The first-order chi connectivity index (χ1) is 5.29. The van der Waals surface area contributed by atoms with Crippen LogP contribution in [-0.2, 0) is 14.5 Å². The van der Waals surface area contributed by atoms with Gasteiger partial charge in [-0.3, -0.25) is 14.5 Å². The van der Waals surface area contributed by atoms with Gasteiger partial charge in [0.2, 0.25) is 0 Å². The molecule has 0 fully saturated rings. The van der Waals surface area contributed by atoms with Crippen LogP contribution in [0.25, 0.3) is 0 Å². The normalized spacial score (nSPS) is 11.5. The molecule has 0 saturated heterocycles. The van der Waals surface area contributed by atoms with Gasteiger partial charge in [0, 0.05) is 11.9 Å². The molecule has 0 spiro atoms. The highest BCUT2D eigenvalue weighted by Gasteiger charge is 2.12. The molecule has 5 heteroatoms. The summed E-state index contributed by atoms with van der Waals surface area (Å²) in [5.41, 5.74) is 0. The molecule has 0 N–H and O–H groups in total. The third-order valence-electron chi connectivity index (χ3n) is 1.12. The third kappa shape index (κ3) is 3.64. The van der Waals surface area contributed by atoms with Crippen LogP contribution in [0.1, 0.15) is 13.3 Å². The van der Waals surface area contributed by atoms with E-state index in [1.807, 2.05) is 6.92 Å². The lowest BCUT2D eigenvalue weighted by molar-refractivity contribution is -0.514. The van der Waals surface area contributed by atoms with Gasteiger partial charge in [-0.1, -0.05) is 12.1 Å². The average molecular weight is 164 g/mol. The smallest absolute Gasteiger partial charge is 0.0617 e. The fraction of sp³-hybridized carbons (Fsp3) is 1.00. The highest BCUT2D eigenvalue weighted by molar-refractivity contribution is 4.28. The Morgan fingerprint density at radius 3 is 1.82 bits per heavy atom. The van der Waals surface area contributed by atoms with Crippen molar-refractivity contribution < 1.29 is 14.5 Å². The van der Waals surface area contributed by atoms with Gasteiger partial charge in [0.05, 0.1) is 21.3 Å².